The second-order valence-corrected chi connectivity index (χ2v) is 6.50. The van der Waals surface area contributed by atoms with E-state index in [4.69, 9.17) is 9.47 Å². The molecule has 2 nitrogen and oxygen atoms in total. The normalized spacial score (nSPS) is 11.5. The predicted molar refractivity (Wildman–Crippen MR) is 97.4 cm³/mol. The van der Waals surface area contributed by atoms with Gasteiger partial charge in [-0.05, 0) is 25.7 Å². The lowest BCUT2D eigenvalue weighted by molar-refractivity contribution is -0.148. The van der Waals surface area contributed by atoms with Crippen molar-refractivity contribution in [2.45, 2.75) is 117 Å². The van der Waals surface area contributed by atoms with Crippen molar-refractivity contribution in [3.05, 3.63) is 0 Å². The van der Waals surface area contributed by atoms with Gasteiger partial charge in [0.05, 0.1) is 0 Å². The van der Waals surface area contributed by atoms with Crippen LogP contribution in [0.4, 0.5) is 0 Å². The second-order valence-electron chi connectivity index (χ2n) is 6.50. The molecule has 2 heteroatoms. The summed E-state index contributed by atoms with van der Waals surface area (Å²) in [5.74, 6) is 0. The highest BCUT2D eigenvalue weighted by atomic mass is 16.7. The third kappa shape index (κ3) is 16.3. The summed E-state index contributed by atoms with van der Waals surface area (Å²) in [6, 6.07) is 0. The van der Waals surface area contributed by atoms with Crippen LogP contribution in [0.1, 0.15) is 111 Å². The molecular weight excluding hydrogens is 272 g/mol. The number of hydrogen-bond acceptors (Lipinski definition) is 2. The van der Waals surface area contributed by atoms with Crippen LogP contribution in [0.3, 0.4) is 0 Å². The Morgan fingerprint density at radius 3 is 1.41 bits per heavy atom. The van der Waals surface area contributed by atoms with E-state index in [9.17, 15) is 0 Å². The zero-order valence-electron chi connectivity index (χ0n) is 15.7. The van der Waals surface area contributed by atoms with Crippen molar-refractivity contribution >= 4 is 0 Å². The molecule has 0 atom stereocenters. The standard InChI is InChI=1S/C20H42O2/c1-4-7-10-11-12-13-14-17-20(21-18-15-8-5-2)22-19-16-9-6-3/h20H,4-19H2,1-3H3. The van der Waals surface area contributed by atoms with Crippen LogP contribution in [-0.2, 0) is 9.47 Å². The summed E-state index contributed by atoms with van der Waals surface area (Å²) in [4.78, 5) is 0. The van der Waals surface area contributed by atoms with Crippen molar-refractivity contribution in [2.75, 3.05) is 13.2 Å². The molecule has 0 saturated heterocycles. The highest BCUT2D eigenvalue weighted by molar-refractivity contribution is 4.51. The van der Waals surface area contributed by atoms with Crippen molar-refractivity contribution < 1.29 is 9.47 Å². The number of hydrogen-bond donors (Lipinski definition) is 0. The number of rotatable bonds is 18. The Morgan fingerprint density at radius 2 is 0.909 bits per heavy atom. The predicted octanol–water partition coefficient (Wildman–Crippen LogP) is 6.87. The van der Waals surface area contributed by atoms with E-state index in [0.29, 0.717) is 0 Å². The van der Waals surface area contributed by atoms with Crippen molar-refractivity contribution in [1.29, 1.82) is 0 Å². The van der Waals surface area contributed by atoms with Gasteiger partial charge in [-0.25, -0.2) is 0 Å². The van der Waals surface area contributed by atoms with Crippen LogP contribution in [0.25, 0.3) is 0 Å². The quantitative estimate of drug-likeness (QED) is 0.203. The molecule has 0 aromatic carbocycles. The summed E-state index contributed by atoms with van der Waals surface area (Å²) >= 11 is 0. The lowest BCUT2D eigenvalue weighted by Gasteiger charge is -2.18. The first kappa shape index (κ1) is 21.9. The van der Waals surface area contributed by atoms with Crippen molar-refractivity contribution in [2.24, 2.45) is 0 Å². The molecule has 0 unspecified atom stereocenters. The van der Waals surface area contributed by atoms with Gasteiger partial charge in [0.25, 0.3) is 0 Å². The first-order valence-corrected chi connectivity index (χ1v) is 10.1. The molecule has 0 bridgehead atoms. The molecule has 0 amide bonds. The lowest BCUT2D eigenvalue weighted by atomic mass is 10.1. The van der Waals surface area contributed by atoms with Crippen LogP contribution >= 0.6 is 0 Å². The topological polar surface area (TPSA) is 18.5 Å². The molecule has 0 spiro atoms. The molecule has 134 valence electrons. The monoisotopic (exact) mass is 314 g/mol. The zero-order chi connectivity index (χ0) is 16.3. The number of unbranched alkanes of at least 4 members (excludes halogenated alkanes) is 10. The minimum absolute atomic E-state index is 0.0457. The van der Waals surface area contributed by atoms with Gasteiger partial charge >= 0.3 is 0 Å². The van der Waals surface area contributed by atoms with Gasteiger partial charge in [0.15, 0.2) is 6.29 Å². The Morgan fingerprint density at radius 1 is 0.500 bits per heavy atom. The Kier molecular flexibility index (Phi) is 18.9. The van der Waals surface area contributed by atoms with Crippen LogP contribution in [0.15, 0.2) is 0 Å². The van der Waals surface area contributed by atoms with Gasteiger partial charge in [-0.2, -0.15) is 0 Å². The molecule has 0 aliphatic heterocycles. The summed E-state index contributed by atoms with van der Waals surface area (Å²) in [6.07, 6.45) is 18.0. The maximum atomic E-state index is 5.95. The van der Waals surface area contributed by atoms with Gasteiger partial charge in [-0.1, -0.05) is 85.0 Å². The maximum Gasteiger partial charge on any atom is 0.157 e. The molecule has 0 saturated carbocycles. The molecular formula is C20H42O2. The van der Waals surface area contributed by atoms with Crippen molar-refractivity contribution in [3.63, 3.8) is 0 Å². The highest BCUT2D eigenvalue weighted by Crippen LogP contribution is 2.13. The molecule has 0 heterocycles. The summed E-state index contributed by atoms with van der Waals surface area (Å²) < 4.78 is 11.9. The summed E-state index contributed by atoms with van der Waals surface area (Å²) in [5, 5.41) is 0. The van der Waals surface area contributed by atoms with Crippen LogP contribution in [0, 0.1) is 0 Å². The number of ether oxygens (including phenoxy) is 2. The SMILES string of the molecule is CCCCCCCCCC(OCCCCC)OCCCCC. The fourth-order valence-corrected chi connectivity index (χ4v) is 2.62. The van der Waals surface area contributed by atoms with E-state index in [1.54, 1.807) is 0 Å². The van der Waals surface area contributed by atoms with E-state index in [0.717, 1.165) is 19.6 Å². The van der Waals surface area contributed by atoms with E-state index in [1.165, 1.54) is 83.5 Å². The molecule has 0 fully saturated rings. The second kappa shape index (κ2) is 19.0. The third-order valence-electron chi connectivity index (χ3n) is 4.15. The van der Waals surface area contributed by atoms with Gasteiger partial charge in [-0.15, -0.1) is 0 Å². The minimum Gasteiger partial charge on any atom is -0.353 e. The van der Waals surface area contributed by atoms with Crippen LogP contribution in [-0.4, -0.2) is 19.5 Å². The molecule has 22 heavy (non-hydrogen) atoms. The van der Waals surface area contributed by atoms with Crippen LogP contribution < -0.4 is 0 Å². The third-order valence-corrected chi connectivity index (χ3v) is 4.15. The van der Waals surface area contributed by atoms with Gasteiger partial charge in [0.1, 0.15) is 0 Å². The van der Waals surface area contributed by atoms with Crippen molar-refractivity contribution in [1.82, 2.24) is 0 Å². The summed E-state index contributed by atoms with van der Waals surface area (Å²) in [7, 11) is 0. The smallest absolute Gasteiger partial charge is 0.157 e. The first-order valence-electron chi connectivity index (χ1n) is 10.1. The van der Waals surface area contributed by atoms with Gasteiger partial charge in [0, 0.05) is 13.2 Å². The lowest BCUT2D eigenvalue weighted by Crippen LogP contribution is -2.19. The Labute approximate surface area is 140 Å². The van der Waals surface area contributed by atoms with Gasteiger partial charge < -0.3 is 9.47 Å². The largest absolute Gasteiger partial charge is 0.353 e. The van der Waals surface area contributed by atoms with Gasteiger partial charge in [0.2, 0.25) is 0 Å². The van der Waals surface area contributed by atoms with E-state index >= 15 is 0 Å². The van der Waals surface area contributed by atoms with E-state index in [1.807, 2.05) is 0 Å². The highest BCUT2D eigenvalue weighted by Gasteiger charge is 2.09. The van der Waals surface area contributed by atoms with Gasteiger partial charge in [-0.3, -0.25) is 0 Å². The molecule has 0 aromatic heterocycles. The zero-order valence-corrected chi connectivity index (χ0v) is 15.7. The Hall–Kier alpha value is -0.0800. The van der Waals surface area contributed by atoms with Crippen molar-refractivity contribution in [3.8, 4) is 0 Å². The first-order chi connectivity index (χ1) is 10.8. The molecule has 0 N–H and O–H groups in total. The van der Waals surface area contributed by atoms with Crippen LogP contribution in [0.2, 0.25) is 0 Å². The average molecular weight is 315 g/mol. The van der Waals surface area contributed by atoms with E-state index in [-0.39, 0.29) is 6.29 Å². The molecule has 0 rings (SSSR count). The summed E-state index contributed by atoms with van der Waals surface area (Å²) in [6.45, 7) is 8.47. The average Bonchev–Trinajstić information content (AvgIpc) is 2.53. The minimum atomic E-state index is 0.0457. The molecule has 0 aromatic rings. The van der Waals surface area contributed by atoms with E-state index < -0.39 is 0 Å². The maximum absolute atomic E-state index is 5.95. The van der Waals surface area contributed by atoms with E-state index in [2.05, 4.69) is 20.8 Å². The molecule has 0 aliphatic rings. The Balaban J connectivity index is 3.66. The molecule has 0 radical (unpaired) electrons. The summed E-state index contributed by atoms with van der Waals surface area (Å²) in [5.41, 5.74) is 0. The fourth-order valence-electron chi connectivity index (χ4n) is 2.62. The molecule has 0 aliphatic carbocycles. The van der Waals surface area contributed by atoms with Crippen LogP contribution in [0.5, 0.6) is 0 Å². The fraction of sp³-hybridized carbons (Fsp3) is 1.00. The Bertz CT molecular complexity index is 182.